The first kappa shape index (κ1) is 9.66. The van der Waals surface area contributed by atoms with Gasteiger partial charge in [-0.15, -0.1) is 0 Å². The number of carbonyl (C=O) groups excluding carboxylic acids is 1. The van der Waals surface area contributed by atoms with E-state index in [2.05, 4.69) is 4.74 Å². The van der Waals surface area contributed by atoms with E-state index in [-0.39, 0.29) is 13.2 Å². The highest BCUT2D eigenvalue weighted by Crippen LogP contribution is 2.24. The summed E-state index contributed by atoms with van der Waals surface area (Å²) in [4.78, 5) is 10.7. The van der Waals surface area contributed by atoms with Crippen molar-refractivity contribution in [2.24, 2.45) is 0 Å². The van der Waals surface area contributed by atoms with Gasteiger partial charge in [0.25, 0.3) is 6.48 Å². The lowest BCUT2D eigenvalue weighted by atomic mass is 10.1. The Labute approximate surface area is 79.1 Å². The van der Waals surface area contributed by atoms with Crippen molar-refractivity contribution in [1.82, 2.24) is 0 Å². The number of hydrogen-bond donors (Lipinski definition) is 2. The quantitative estimate of drug-likeness (QED) is 0.535. The summed E-state index contributed by atoms with van der Waals surface area (Å²) in [5, 5.41) is 17.8. The molecule has 0 saturated carbocycles. The number of hydrogen-bond acceptors (Lipinski definition) is 7. The second-order valence-corrected chi connectivity index (χ2v) is 2.99. The van der Waals surface area contributed by atoms with E-state index in [4.69, 9.17) is 24.4 Å². The lowest BCUT2D eigenvalue weighted by Gasteiger charge is -2.17. The summed E-state index contributed by atoms with van der Waals surface area (Å²) in [6, 6.07) is 0. The average Bonchev–Trinajstić information content (AvgIpc) is 2.71. The minimum absolute atomic E-state index is 0.0962. The molecule has 2 saturated heterocycles. The Morgan fingerprint density at radius 3 is 2.79 bits per heavy atom. The minimum atomic E-state index is -1.31. The average molecular weight is 206 g/mol. The van der Waals surface area contributed by atoms with Crippen LogP contribution in [0.25, 0.3) is 0 Å². The van der Waals surface area contributed by atoms with Gasteiger partial charge in [0.2, 0.25) is 0 Å². The zero-order chi connectivity index (χ0) is 10.1. The first-order chi connectivity index (χ1) is 6.70. The Bertz CT molecular complexity index is 230. The van der Waals surface area contributed by atoms with Gasteiger partial charge in [-0.3, -0.25) is 0 Å². The number of carbonyl (C=O) groups is 1. The Kier molecular flexibility index (Phi) is 2.55. The molecule has 4 unspecified atom stereocenters. The molecule has 0 aromatic rings. The maximum absolute atomic E-state index is 10.7. The molecule has 0 bridgehead atoms. The molecule has 7 nitrogen and oxygen atoms in total. The highest BCUT2D eigenvalue weighted by atomic mass is 16.8. The summed E-state index contributed by atoms with van der Waals surface area (Å²) in [5.41, 5.74) is 0. The van der Waals surface area contributed by atoms with Crippen LogP contribution in [0.3, 0.4) is 0 Å². The topological polar surface area (TPSA) is 94.5 Å². The van der Waals surface area contributed by atoms with Gasteiger partial charge in [0, 0.05) is 0 Å². The zero-order valence-corrected chi connectivity index (χ0v) is 7.16. The molecule has 4 atom stereocenters. The van der Waals surface area contributed by atoms with Crippen molar-refractivity contribution in [1.29, 1.82) is 0 Å². The van der Waals surface area contributed by atoms with E-state index in [1.54, 1.807) is 0 Å². The second kappa shape index (κ2) is 3.70. The van der Waals surface area contributed by atoms with Crippen molar-refractivity contribution in [3.8, 4) is 0 Å². The molecule has 0 aromatic carbocycles. The third-order valence-corrected chi connectivity index (χ3v) is 2.09. The van der Waals surface area contributed by atoms with Gasteiger partial charge in [0.1, 0.15) is 6.10 Å². The van der Waals surface area contributed by atoms with E-state index < -0.39 is 30.9 Å². The Balaban J connectivity index is 1.99. The molecule has 7 heteroatoms. The van der Waals surface area contributed by atoms with Gasteiger partial charge in [0.05, 0.1) is 13.2 Å². The molecule has 80 valence electrons. The van der Waals surface area contributed by atoms with Gasteiger partial charge in [-0.25, -0.2) is 4.79 Å². The zero-order valence-electron chi connectivity index (χ0n) is 7.16. The maximum Gasteiger partial charge on any atom is 0.509 e. The lowest BCUT2D eigenvalue weighted by molar-refractivity contribution is -0.211. The Hall–Kier alpha value is -0.890. The van der Waals surface area contributed by atoms with E-state index in [1.807, 2.05) is 0 Å². The second-order valence-electron chi connectivity index (χ2n) is 2.99. The van der Waals surface area contributed by atoms with Gasteiger partial charge in [0.15, 0.2) is 12.2 Å². The summed E-state index contributed by atoms with van der Waals surface area (Å²) in [6.07, 6.45) is -2.95. The molecular weight excluding hydrogens is 196 g/mol. The highest BCUT2D eigenvalue weighted by molar-refractivity contribution is 5.62. The van der Waals surface area contributed by atoms with Crippen molar-refractivity contribution < 1.29 is 34.0 Å². The molecule has 0 amide bonds. The first-order valence-electron chi connectivity index (χ1n) is 4.14. The molecule has 0 radical (unpaired) electrons. The maximum atomic E-state index is 10.7. The van der Waals surface area contributed by atoms with Gasteiger partial charge < -0.3 is 29.2 Å². The number of ether oxygens (including phenoxy) is 4. The predicted molar refractivity (Wildman–Crippen MR) is 39.1 cm³/mol. The molecule has 14 heavy (non-hydrogen) atoms. The third kappa shape index (κ3) is 1.67. The molecule has 2 fully saturated rings. The summed E-state index contributed by atoms with van der Waals surface area (Å²) in [6.45, 7) is -1.57. The van der Waals surface area contributed by atoms with E-state index in [0.717, 1.165) is 0 Å². The molecule has 2 rings (SSSR count). The Morgan fingerprint density at radius 2 is 2.21 bits per heavy atom. The van der Waals surface area contributed by atoms with Crippen LogP contribution in [0.2, 0.25) is 0 Å². The van der Waals surface area contributed by atoms with Crippen LogP contribution >= 0.6 is 0 Å². The van der Waals surface area contributed by atoms with Crippen LogP contribution in [0.1, 0.15) is 0 Å². The predicted octanol–water partition coefficient (Wildman–Crippen LogP) is -1.43. The lowest BCUT2D eigenvalue weighted by Crippen LogP contribution is -2.38. The van der Waals surface area contributed by atoms with Crippen LogP contribution in [0.15, 0.2) is 0 Å². The smallest absolute Gasteiger partial charge is 0.424 e. The van der Waals surface area contributed by atoms with Crippen LogP contribution in [0.5, 0.6) is 0 Å². The minimum Gasteiger partial charge on any atom is -0.424 e. The van der Waals surface area contributed by atoms with E-state index in [0.29, 0.717) is 0 Å². The van der Waals surface area contributed by atoms with E-state index in [1.165, 1.54) is 0 Å². The summed E-state index contributed by atoms with van der Waals surface area (Å²) >= 11 is 0. The fourth-order valence-corrected chi connectivity index (χ4v) is 1.44. The highest BCUT2D eigenvalue weighted by Gasteiger charge is 2.45. The van der Waals surface area contributed by atoms with Crippen LogP contribution in [-0.4, -0.2) is 54.4 Å². The fourth-order valence-electron chi connectivity index (χ4n) is 1.44. The van der Waals surface area contributed by atoms with Crippen molar-refractivity contribution in [2.45, 2.75) is 24.8 Å². The van der Waals surface area contributed by atoms with Crippen molar-refractivity contribution in [2.75, 3.05) is 13.2 Å². The van der Waals surface area contributed by atoms with Gasteiger partial charge >= 0.3 is 6.16 Å². The van der Waals surface area contributed by atoms with Gasteiger partial charge in [-0.2, -0.15) is 0 Å². The van der Waals surface area contributed by atoms with Crippen molar-refractivity contribution in [3.63, 3.8) is 0 Å². The normalized spacial score (nSPS) is 42.3. The largest absolute Gasteiger partial charge is 0.509 e. The first-order valence-corrected chi connectivity index (χ1v) is 4.14. The third-order valence-electron chi connectivity index (χ3n) is 2.09. The molecule has 2 aliphatic heterocycles. The summed E-state index contributed by atoms with van der Waals surface area (Å²) in [7, 11) is 0. The van der Waals surface area contributed by atoms with Crippen molar-refractivity contribution >= 4 is 6.16 Å². The van der Waals surface area contributed by atoms with Crippen LogP contribution in [-0.2, 0) is 18.9 Å². The molecule has 0 aromatic heterocycles. The molecule has 2 N–H and O–H groups in total. The molecular formula is C7H10O7. The molecule has 2 aliphatic rings. The number of cyclic esters (lactones) is 2. The number of aliphatic hydroxyl groups excluding tert-OH is 2. The SMILES string of the molecule is O=C1OC(CO)C(C2COC(O)O2)O1. The van der Waals surface area contributed by atoms with Crippen LogP contribution < -0.4 is 0 Å². The monoisotopic (exact) mass is 206 g/mol. The Morgan fingerprint density at radius 1 is 1.43 bits per heavy atom. The summed E-state index contributed by atoms with van der Waals surface area (Å²) < 4.78 is 19.0. The van der Waals surface area contributed by atoms with Gasteiger partial charge in [-0.05, 0) is 0 Å². The molecule has 2 heterocycles. The summed E-state index contributed by atoms with van der Waals surface area (Å²) in [5.74, 6) is 0. The number of aliphatic hydroxyl groups is 2. The van der Waals surface area contributed by atoms with Crippen LogP contribution in [0.4, 0.5) is 4.79 Å². The van der Waals surface area contributed by atoms with Gasteiger partial charge in [-0.1, -0.05) is 0 Å². The fraction of sp³-hybridized carbons (Fsp3) is 0.857. The van der Waals surface area contributed by atoms with Crippen LogP contribution in [0, 0.1) is 0 Å². The molecule has 0 aliphatic carbocycles. The standard InChI is InChI=1S/C7H10O7/c8-1-3-5(14-7(10)12-3)4-2-11-6(9)13-4/h3-6,8-9H,1-2H2. The van der Waals surface area contributed by atoms with Crippen molar-refractivity contribution in [3.05, 3.63) is 0 Å². The molecule has 0 spiro atoms. The van der Waals surface area contributed by atoms with E-state index >= 15 is 0 Å². The number of rotatable bonds is 2. The van der Waals surface area contributed by atoms with E-state index in [9.17, 15) is 4.79 Å².